The van der Waals surface area contributed by atoms with Gasteiger partial charge < -0.3 is 11.1 Å². The van der Waals surface area contributed by atoms with Gasteiger partial charge in [0.05, 0.1) is 0 Å². The number of anilines is 1. The molecule has 1 aromatic rings. The first-order valence-corrected chi connectivity index (χ1v) is 6.69. The number of carbonyl (C=O) groups is 1. The number of hydrogen-bond donors (Lipinski definition) is 2. The molecule has 3 nitrogen and oxygen atoms in total. The van der Waals surface area contributed by atoms with E-state index in [-0.39, 0.29) is 11.8 Å². The van der Waals surface area contributed by atoms with Crippen molar-refractivity contribution in [2.24, 2.45) is 17.6 Å². The Labute approximate surface area is 109 Å². The SMILES string of the molecule is Cc1cc(C)cc(NC(=O)C2CCCC2CN)c1. The highest BCUT2D eigenvalue weighted by molar-refractivity contribution is 5.93. The van der Waals surface area contributed by atoms with Crippen molar-refractivity contribution in [1.82, 2.24) is 0 Å². The lowest BCUT2D eigenvalue weighted by molar-refractivity contribution is -0.120. The van der Waals surface area contributed by atoms with Gasteiger partial charge in [0, 0.05) is 11.6 Å². The molecule has 3 N–H and O–H groups in total. The monoisotopic (exact) mass is 246 g/mol. The fourth-order valence-electron chi connectivity index (χ4n) is 2.95. The predicted molar refractivity (Wildman–Crippen MR) is 74.4 cm³/mol. The molecule has 1 aromatic carbocycles. The number of carbonyl (C=O) groups excluding carboxylic acids is 1. The maximum absolute atomic E-state index is 12.2. The van der Waals surface area contributed by atoms with Gasteiger partial charge in [0.2, 0.25) is 5.91 Å². The van der Waals surface area contributed by atoms with Gasteiger partial charge in [-0.1, -0.05) is 12.5 Å². The lowest BCUT2D eigenvalue weighted by atomic mass is 9.95. The first kappa shape index (κ1) is 13.1. The second-order valence-corrected chi connectivity index (χ2v) is 5.40. The molecule has 0 aliphatic heterocycles. The Kier molecular flexibility index (Phi) is 4.02. The van der Waals surface area contributed by atoms with Crippen molar-refractivity contribution >= 4 is 11.6 Å². The fraction of sp³-hybridized carbons (Fsp3) is 0.533. The quantitative estimate of drug-likeness (QED) is 0.861. The van der Waals surface area contributed by atoms with Crippen LogP contribution in [-0.4, -0.2) is 12.5 Å². The number of benzene rings is 1. The van der Waals surface area contributed by atoms with Crippen molar-refractivity contribution in [3.8, 4) is 0 Å². The lowest BCUT2D eigenvalue weighted by Crippen LogP contribution is -2.29. The normalized spacial score (nSPS) is 23.1. The first-order valence-electron chi connectivity index (χ1n) is 6.69. The summed E-state index contributed by atoms with van der Waals surface area (Å²) in [6.07, 6.45) is 3.17. The first-order chi connectivity index (χ1) is 8.60. The Morgan fingerprint density at radius 1 is 1.28 bits per heavy atom. The molecule has 1 amide bonds. The van der Waals surface area contributed by atoms with Crippen LogP contribution in [-0.2, 0) is 4.79 Å². The Morgan fingerprint density at radius 2 is 1.94 bits per heavy atom. The molecule has 1 aliphatic carbocycles. The third-order valence-corrected chi connectivity index (χ3v) is 3.79. The second-order valence-electron chi connectivity index (χ2n) is 5.40. The molecule has 3 heteroatoms. The zero-order valence-electron chi connectivity index (χ0n) is 11.2. The van der Waals surface area contributed by atoms with E-state index in [0.29, 0.717) is 12.5 Å². The molecule has 0 bridgehead atoms. The van der Waals surface area contributed by atoms with E-state index in [0.717, 1.165) is 24.9 Å². The maximum atomic E-state index is 12.2. The molecule has 2 atom stereocenters. The number of nitrogens with one attached hydrogen (secondary N) is 1. The van der Waals surface area contributed by atoms with Gasteiger partial charge in [-0.15, -0.1) is 0 Å². The summed E-state index contributed by atoms with van der Waals surface area (Å²) in [6.45, 7) is 4.70. The Bertz CT molecular complexity index is 422. The number of hydrogen-bond acceptors (Lipinski definition) is 2. The van der Waals surface area contributed by atoms with Gasteiger partial charge in [-0.3, -0.25) is 4.79 Å². The third-order valence-electron chi connectivity index (χ3n) is 3.79. The maximum Gasteiger partial charge on any atom is 0.227 e. The van der Waals surface area contributed by atoms with Gasteiger partial charge in [0.15, 0.2) is 0 Å². The van der Waals surface area contributed by atoms with E-state index in [1.807, 2.05) is 26.0 Å². The lowest BCUT2D eigenvalue weighted by Gasteiger charge is -2.17. The molecule has 0 saturated heterocycles. The molecule has 0 radical (unpaired) electrons. The Hall–Kier alpha value is -1.35. The van der Waals surface area contributed by atoms with Gasteiger partial charge in [0.25, 0.3) is 0 Å². The molecule has 2 unspecified atom stereocenters. The van der Waals surface area contributed by atoms with Crippen LogP contribution in [0.15, 0.2) is 18.2 Å². The van der Waals surface area contributed by atoms with Crippen molar-refractivity contribution in [3.05, 3.63) is 29.3 Å². The van der Waals surface area contributed by atoms with E-state index in [1.165, 1.54) is 11.1 Å². The second kappa shape index (κ2) is 5.53. The van der Waals surface area contributed by atoms with Crippen LogP contribution in [0.25, 0.3) is 0 Å². The summed E-state index contributed by atoms with van der Waals surface area (Å²) in [4.78, 5) is 12.2. The van der Waals surface area contributed by atoms with Crippen molar-refractivity contribution in [2.75, 3.05) is 11.9 Å². The summed E-state index contributed by atoms with van der Waals surface area (Å²) in [5.41, 5.74) is 8.97. The smallest absolute Gasteiger partial charge is 0.227 e. The van der Waals surface area contributed by atoms with E-state index in [9.17, 15) is 4.79 Å². The molecular weight excluding hydrogens is 224 g/mol. The standard InChI is InChI=1S/C15H22N2O/c1-10-6-11(2)8-13(7-10)17-15(18)14-5-3-4-12(14)9-16/h6-8,12,14H,3-5,9,16H2,1-2H3,(H,17,18). The van der Waals surface area contributed by atoms with E-state index in [4.69, 9.17) is 5.73 Å². The minimum Gasteiger partial charge on any atom is -0.330 e. The van der Waals surface area contributed by atoms with Gasteiger partial charge in [-0.2, -0.15) is 0 Å². The highest BCUT2D eigenvalue weighted by Crippen LogP contribution is 2.32. The number of amides is 1. The molecule has 1 fully saturated rings. The molecule has 1 saturated carbocycles. The van der Waals surface area contributed by atoms with Crippen molar-refractivity contribution in [1.29, 1.82) is 0 Å². The largest absolute Gasteiger partial charge is 0.330 e. The van der Waals surface area contributed by atoms with E-state index >= 15 is 0 Å². The van der Waals surface area contributed by atoms with Crippen LogP contribution in [0.1, 0.15) is 30.4 Å². The van der Waals surface area contributed by atoms with Gasteiger partial charge in [-0.25, -0.2) is 0 Å². The minimum atomic E-state index is 0.0934. The van der Waals surface area contributed by atoms with Gasteiger partial charge in [0.1, 0.15) is 0 Å². The van der Waals surface area contributed by atoms with Crippen LogP contribution < -0.4 is 11.1 Å². The average molecular weight is 246 g/mol. The Balaban J connectivity index is 2.06. The summed E-state index contributed by atoms with van der Waals surface area (Å²) in [6, 6.07) is 6.13. The number of aryl methyl sites for hydroxylation is 2. The molecule has 1 aliphatic rings. The topological polar surface area (TPSA) is 55.1 Å². The summed E-state index contributed by atoms with van der Waals surface area (Å²) in [5.74, 6) is 0.583. The zero-order chi connectivity index (χ0) is 13.1. The highest BCUT2D eigenvalue weighted by Gasteiger charge is 2.31. The Morgan fingerprint density at radius 3 is 2.56 bits per heavy atom. The molecule has 0 spiro atoms. The third kappa shape index (κ3) is 2.91. The van der Waals surface area contributed by atoms with E-state index in [2.05, 4.69) is 11.4 Å². The van der Waals surface area contributed by atoms with E-state index in [1.54, 1.807) is 0 Å². The highest BCUT2D eigenvalue weighted by atomic mass is 16.1. The molecule has 0 aromatic heterocycles. The number of rotatable bonds is 3. The van der Waals surface area contributed by atoms with Gasteiger partial charge >= 0.3 is 0 Å². The summed E-state index contributed by atoms with van der Waals surface area (Å²) < 4.78 is 0. The molecule has 98 valence electrons. The summed E-state index contributed by atoms with van der Waals surface area (Å²) in [5, 5.41) is 3.04. The molecule has 2 rings (SSSR count). The van der Waals surface area contributed by atoms with Crippen LogP contribution in [0.3, 0.4) is 0 Å². The predicted octanol–water partition coefficient (Wildman–Crippen LogP) is 2.62. The summed E-state index contributed by atoms with van der Waals surface area (Å²) in [7, 11) is 0. The molecule has 18 heavy (non-hydrogen) atoms. The zero-order valence-corrected chi connectivity index (χ0v) is 11.2. The van der Waals surface area contributed by atoms with Crippen LogP contribution in [0.4, 0.5) is 5.69 Å². The van der Waals surface area contributed by atoms with Crippen LogP contribution in [0.2, 0.25) is 0 Å². The van der Waals surface area contributed by atoms with Crippen LogP contribution in [0, 0.1) is 25.7 Å². The molecular formula is C15H22N2O. The van der Waals surface area contributed by atoms with Gasteiger partial charge in [-0.05, 0) is 62.4 Å². The minimum absolute atomic E-state index is 0.0934. The molecule has 0 heterocycles. The van der Waals surface area contributed by atoms with E-state index < -0.39 is 0 Å². The van der Waals surface area contributed by atoms with Crippen LogP contribution in [0.5, 0.6) is 0 Å². The fourth-order valence-corrected chi connectivity index (χ4v) is 2.95. The number of nitrogens with two attached hydrogens (primary N) is 1. The van der Waals surface area contributed by atoms with Crippen molar-refractivity contribution in [3.63, 3.8) is 0 Å². The van der Waals surface area contributed by atoms with Crippen molar-refractivity contribution < 1.29 is 4.79 Å². The average Bonchev–Trinajstić information content (AvgIpc) is 2.75. The summed E-state index contributed by atoms with van der Waals surface area (Å²) >= 11 is 0. The van der Waals surface area contributed by atoms with Crippen molar-refractivity contribution in [2.45, 2.75) is 33.1 Å². The van der Waals surface area contributed by atoms with Crippen LogP contribution >= 0.6 is 0 Å².